The largest absolute Gasteiger partial charge is 0.395 e. The van der Waals surface area contributed by atoms with Crippen LogP contribution in [-0.4, -0.2) is 41.5 Å². The van der Waals surface area contributed by atoms with Crippen molar-refractivity contribution in [2.75, 3.05) is 19.7 Å². The number of carbonyl (C=O) groups excluding carboxylic acids is 1. The maximum atomic E-state index is 12.0. The fourth-order valence-electron chi connectivity index (χ4n) is 1.96. The molecular weight excluding hydrogens is 226 g/mol. The second-order valence-corrected chi connectivity index (χ2v) is 4.90. The van der Waals surface area contributed by atoms with Crippen LogP contribution in [0, 0.1) is 6.92 Å². The molecule has 100 valence electrons. The first kappa shape index (κ1) is 14.9. The molecule has 1 aromatic carbocycles. The predicted octanol–water partition coefficient (Wildman–Crippen LogP) is 2.27. The molecule has 1 N–H and O–H groups in total. The number of hydrogen-bond donors (Lipinski definition) is 1. The average Bonchev–Trinajstić information content (AvgIpc) is 2.33. The van der Waals surface area contributed by atoms with Crippen molar-refractivity contribution < 1.29 is 9.90 Å². The molecule has 3 nitrogen and oxygen atoms in total. The van der Waals surface area contributed by atoms with Crippen LogP contribution >= 0.6 is 0 Å². The van der Waals surface area contributed by atoms with E-state index in [9.17, 15) is 4.79 Å². The van der Waals surface area contributed by atoms with Gasteiger partial charge in [0.2, 0.25) is 0 Å². The lowest BCUT2D eigenvalue weighted by molar-refractivity contribution is 0.0943. The van der Waals surface area contributed by atoms with Gasteiger partial charge in [0.15, 0.2) is 5.78 Å². The fraction of sp³-hybridized carbons (Fsp3) is 0.533. The average molecular weight is 249 g/mol. The number of nitrogens with zero attached hydrogens (tertiary/aromatic N) is 1. The third-order valence-electron chi connectivity index (χ3n) is 3.08. The molecule has 0 heterocycles. The highest BCUT2D eigenvalue weighted by Gasteiger charge is 2.12. The molecule has 1 aromatic rings. The minimum atomic E-state index is 0.136. The lowest BCUT2D eigenvalue weighted by atomic mass is 10.1. The third kappa shape index (κ3) is 4.59. The van der Waals surface area contributed by atoms with Gasteiger partial charge >= 0.3 is 0 Å². The number of hydrogen-bond acceptors (Lipinski definition) is 3. The van der Waals surface area contributed by atoms with E-state index >= 15 is 0 Å². The van der Waals surface area contributed by atoms with E-state index in [4.69, 9.17) is 5.11 Å². The van der Waals surface area contributed by atoms with E-state index in [0.717, 1.165) is 11.1 Å². The van der Waals surface area contributed by atoms with Gasteiger partial charge in [-0.2, -0.15) is 0 Å². The summed E-state index contributed by atoms with van der Waals surface area (Å²) in [6.07, 6.45) is 0.502. The second-order valence-electron chi connectivity index (χ2n) is 4.90. The van der Waals surface area contributed by atoms with Crippen molar-refractivity contribution >= 4 is 5.78 Å². The molecule has 0 spiro atoms. The SMILES string of the molecule is Cc1cccc(C(=O)CCN(CCO)C(C)C)c1. The zero-order chi connectivity index (χ0) is 13.5. The number of rotatable bonds is 7. The highest BCUT2D eigenvalue weighted by Crippen LogP contribution is 2.08. The second kappa shape index (κ2) is 7.29. The molecule has 0 aliphatic rings. The van der Waals surface area contributed by atoms with Gasteiger partial charge in [0.05, 0.1) is 6.61 Å². The van der Waals surface area contributed by atoms with Crippen LogP contribution in [0.4, 0.5) is 0 Å². The Morgan fingerprint density at radius 1 is 1.33 bits per heavy atom. The predicted molar refractivity (Wildman–Crippen MR) is 73.9 cm³/mol. The quantitative estimate of drug-likeness (QED) is 0.754. The van der Waals surface area contributed by atoms with Gasteiger partial charge in [-0.3, -0.25) is 9.69 Å². The molecule has 0 saturated heterocycles. The van der Waals surface area contributed by atoms with Gasteiger partial charge in [0, 0.05) is 31.1 Å². The van der Waals surface area contributed by atoms with E-state index in [1.54, 1.807) is 0 Å². The Bertz CT molecular complexity index is 388. The highest BCUT2D eigenvalue weighted by atomic mass is 16.3. The first-order chi connectivity index (χ1) is 8.54. The first-order valence-corrected chi connectivity index (χ1v) is 6.49. The Morgan fingerprint density at radius 2 is 2.06 bits per heavy atom. The standard InChI is InChI=1S/C15H23NO2/c1-12(2)16(9-10-17)8-7-15(18)14-6-4-5-13(3)11-14/h4-6,11-12,17H,7-10H2,1-3H3. The van der Waals surface area contributed by atoms with Crippen molar-refractivity contribution in [3.8, 4) is 0 Å². The molecule has 0 aromatic heterocycles. The minimum absolute atomic E-state index is 0.136. The summed E-state index contributed by atoms with van der Waals surface area (Å²) in [4.78, 5) is 14.2. The normalized spacial score (nSPS) is 11.2. The molecule has 0 fully saturated rings. The molecule has 0 unspecified atom stereocenters. The Kier molecular flexibility index (Phi) is 6.02. The van der Waals surface area contributed by atoms with Gasteiger partial charge in [0.1, 0.15) is 0 Å². The lowest BCUT2D eigenvalue weighted by Crippen LogP contribution is -2.35. The van der Waals surface area contributed by atoms with Crippen molar-refractivity contribution in [2.45, 2.75) is 33.2 Å². The van der Waals surface area contributed by atoms with E-state index in [2.05, 4.69) is 18.7 Å². The minimum Gasteiger partial charge on any atom is -0.395 e. The molecular formula is C15H23NO2. The molecule has 0 bridgehead atoms. The highest BCUT2D eigenvalue weighted by molar-refractivity contribution is 5.96. The monoisotopic (exact) mass is 249 g/mol. The molecule has 0 amide bonds. The third-order valence-corrected chi connectivity index (χ3v) is 3.08. The van der Waals surface area contributed by atoms with Crippen LogP contribution in [0.5, 0.6) is 0 Å². The number of Topliss-reactive ketones (excluding diaryl/α,β-unsaturated/α-hetero) is 1. The fourth-order valence-corrected chi connectivity index (χ4v) is 1.96. The summed E-state index contributed by atoms with van der Waals surface area (Å²) in [7, 11) is 0. The van der Waals surface area contributed by atoms with Gasteiger partial charge in [-0.1, -0.05) is 23.8 Å². The van der Waals surface area contributed by atoms with Gasteiger partial charge in [-0.15, -0.1) is 0 Å². The molecule has 1 rings (SSSR count). The molecule has 0 saturated carbocycles. The Balaban J connectivity index is 2.54. The van der Waals surface area contributed by atoms with E-state index in [0.29, 0.717) is 25.6 Å². The van der Waals surface area contributed by atoms with Crippen LogP contribution in [0.15, 0.2) is 24.3 Å². The molecule has 0 aliphatic carbocycles. The maximum absolute atomic E-state index is 12.0. The number of carbonyl (C=O) groups is 1. The summed E-state index contributed by atoms with van der Waals surface area (Å²) >= 11 is 0. The molecule has 3 heteroatoms. The van der Waals surface area contributed by atoms with Crippen molar-refractivity contribution in [1.82, 2.24) is 4.90 Å². The van der Waals surface area contributed by atoms with E-state index < -0.39 is 0 Å². The smallest absolute Gasteiger partial charge is 0.164 e. The number of aliphatic hydroxyl groups excluding tert-OH is 1. The molecule has 0 atom stereocenters. The van der Waals surface area contributed by atoms with Crippen LogP contribution < -0.4 is 0 Å². The number of ketones is 1. The Hall–Kier alpha value is -1.19. The van der Waals surface area contributed by atoms with Crippen LogP contribution in [-0.2, 0) is 0 Å². The van der Waals surface area contributed by atoms with E-state index in [1.807, 2.05) is 31.2 Å². The summed E-state index contributed by atoms with van der Waals surface area (Å²) in [5.41, 5.74) is 1.89. The number of benzene rings is 1. The zero-order valence-corrected chi connectivity index (χ0v) is 11.5. The van der Waals surface area contributed by atoms with Gasteiger partial charge in [-0.05, 0) is 26.8 Å². The topological polar surface area (TPSA) is 40.5 Å². The first-order valence-electron chi connectivity index (χ1n) is 6.49. The summed E-state index contributed by atoms with van der Waals surface area (Å²) in [6.45, 7) is 7.60. The maximum Gasteiger partial charge on any atom is 0.164 e. The van der Waals surface area contributed by atoms with E-state index in [1.165, 1.54) is 0 Å². The summed E-state index contributed by atoms with van der Waals surface area (Å²) in [5, 5.41) is 8.98. The Morgan fingerprint density at radius 3 is 2.61 bits per heavy atom. The molecule has 0 aliphatic heterocycles. The van der Waals surface area contributed by atoms with Crippen molar-refractivity contribution in [1.29, 1.82) is 0 Å². The van der Waals surface area contributed by atoms with Crippen molar-refractivity contribution in [3.63, 3.8) is 0 Å². The van der Waals surface area contributed by atoms with Crippen LogP contribution in [0.2, 0.25) is 0 Å². The van der Waals surface area contributed by atoms with Crippen LogP contribution in [0.1, 0.15) is 36.2 Å². The summed E-state index contributed by atoms with van der Waals surface area (Å²) < 4.78 is 0. The number of aliphatic hydroxyl groups is 1. The van der Waals surface area contributed by atoms with Crippen LogP contribution in [0.25, 0.3) is 0 Å². The lowest BCUT2D eigenvalue weighted by Gasteiger charge is -2.25. The van der Waals surface area contributed by atoms with Crippen molar-refractivity contribution in [2.24, 2.45) is 0 Å². The summed E-state index contributed by atoms with van der Waals surface area (Å²) in [6, 6.07) is 8.04. The zero-order valence-electron chi connectivity index (χ0n) is 11.5. The summed E-state index contributed by atoms with van der Waals surface area (Å²) in [5.74, 6) is 0.169. The van der Waals surface area contributed by atoms with Crippen LogP contribution in [0.3, 0.4) is 0 Å². The van der Waals surface area contributed by atoms with Gasteiger partial charge < -0.3 is 5.11 Å². The molecule has 0 radical (unpaired) electrons. The van der Waals surface area contributed by atoms with Gasteiger partial charge in [-0.25, -0.2) is 0 Å². The number of aryl methyl sites for hydroxylation is 1. The van der Waals surface area contributed by atoms with Gasteiger partial charge in [0.25, 0.3) is 0 Å². The Labute approximate surface area is 109 Å². The van der Waals surface area contributed by atoms with E-state index in [-0.39, 0.29) is 12.4 Å². The van der Waals surface area contributed by atoms with Crippen molar-refractivity contribution in [3.05, 3.63) is 35.4 Å². The molecule has 18 heavy (non-hydrogen) atoms.